The first-order valence-corrected chi connectivity index (χ1v) is 17.9. The molecule has 0 heterocycles. The van der Waals surface area contributed by atoms with Gasteiger partial charge in [-0.2, -0.15) is 0 Å². The van der Waals surface area contributed by atoms with Gasteiger partial charge >= 0.3 is 35.4 Å². The minimum absolute atomic E-state index is 0.0211. The van der Waals surface area contributed by atoms with Crippen molar-refractivity contribution in [3.8, 4) is 0 Å². The van der Waals surface area contributed by atoms with Gasteiger partial charge in [0.25, 0.3) is 0 Å². The Kier molecular flexibility index (Phi) is 17.1. The zero-order valence-corrected chi connectivity index (χ0v) is 26.2. The maximum atomic E-state index is 12.7. The van der Waals surface area contributed by atoms with Gasteiger partial charge in [0.2, 0.25) is 0 Å². The van der Waals surface area contributed by atoms with Gasteiger partial charge in [0, 0.05) is 12.8 Å². The van der Waals surface area contributed by atoms with E-state index in [1.165, 1.54) is 0 Å². The van der Waals surface area contributed by atoms with Gasteiger partial charge in [0.1, 0.15) is 43.2 Å². The van der Waals surface area contributed by atoms with Crippen LogP contribution in [0.3, 0.4) is 0 Å². The highest BCUT2D eigenvalue weighted by Crippen LogP contribution is 2.50. The third-order valence-corrected chi connectivity index (χ3v) is 7.93. The summed E-state index contributed by atoms with van der Waals surface area (Å²) in [6, 6.07) is 0. The highest BCUT2D eigenvalue weighted by Gasteiger charge is 2.56. The Balaban J connectivity index is 3.06. The van der Waals surface area contributed by atoms with Crippen molar-refractivity contribution < 1.29 is 90.6 Å². The molecule has 254 valence electrons. The van der Waals surface area contributed by atoms with Crippen LogP contribution >= 0.6 is 23.5 Å². The highest BCUT2D eigenvalue weighted by atomic mass is 31.2. The summed E-state index contributed by atoms with van der Waals surface area (Å²) in [5.74, 6) is -1.37. The number of carbonyl (C=O) groups excluding carboxylic acids is 2. The van der Waals surface area contributed by atoms with E-state index >= 15 is 0 Å². The van der Waals surface area contributed by atoms with Crippen LogP contribution in [0.25, 0.3) is 0 Å². The molecule has 1 rings (SSSR count). The number of ether oxygens (including phenoxy) is 2. The number of aliphatic hydroxyl groups is 3. The second kappa shape index (κ2) is 18.3. The molecular weight excluding hydrogens is 649 g/mol. The summed E-state index contributed by atoms with van der Waals surface area (Å²) in [5.41, 5.74) is 0. The van der Waals surface area contributed by atoms with Crippen LogP contribution in [0.1, 0.15) is 65.2 Å². The molecule has 22 heteroatoms. The molecule has 0 amide bonds. The molecular formula is C21H41O19P3. The lowest BCUT2D eigenvalue weighted by atomic mass is 9.85. The number of aliphatic hydroxyl groups excluding tert-OH is 3. The van der Waals surface area contributed by atoms with E-state index in [2.05, 4.69) is 9.05 Å². The molecule has 43 heavy (non-hydrogen) atoms. The number of esters is 2. The smallest absolute Gasteiger partial charge is 0.462 e. The normalized spacial score (nSPS) is 26.8. The van der Waals surface area contributed by atoms with Gasteiger partial charge in [0.05, 0.1) is 6.61 Å². The second-order valence-corrected chi connectivity index (χ2v) is 13.4. The third kappa shape index (κ3) is 15.8. The Morgan fingerprint density at radius 3 is 1.49 bits per heavy atom. The quantitative estimate of drug-likeness (QED) is 0.0479. The van der Waals surface area contributed by atoms with Gasteiger partial charge < -0.3 is 49.3 Å². The molecule has 0 aromatic rings. The van der Waals surface area contributed by atoms with Crippen molar-refractivity contribution in [3.63, 3.8) is 0 Å². The minimum Gasteiger partial charge on any atom is -0.462 e. The van der Waals surface area contributed by atoms with E-state index in [-0.39, 0.29) is 12.8 Å². The van der Waals surface area contributed by atoms with Gasteiger partial charge in [-0.3, -0.25) is 27.7 Å². The summed E-state index contributed by atoms with van der Waals surface area (Å²) in [4.78, 5) is 70.9. The lowest BCUT2D eigenvalue weighted by molar-refractivity contribution is -0.213. The average molecular weight is 690 g/mol. The number of rotatable bonds is 20. The number of unbranched alkanes of at least 4 members (excludes halogenated alkanes) is 4. The molecule has 8 atom stereocenters. The van der Waals surface area contributed by atoms with Gasteiger partial charge in [0.15, 0.2) is 6.10 Å². The fraction of sp³-hybridized carbons (Fsp3) is 0.905. The maximum Gasteiger partial charge on any atom is 0.472 e. The number of hydrogen-bond acceptors (Lipinski definition) is 14. The summed E-state index contributed by atoms with van der Waals surface area (Å²) in [5, 5.41) is 31.2. The predicted molar refractivity (Wildman–Crippen MR) is 142 cm³/mol. The molecule has 1 fully saturated rings. The van der Waals surface area contributed by atoms with E-state index in [0.29, 0.717) is 19.3 Å². The zero-order chi connectivity index (χ0) is 33.0. The largest absolute Gasteiger partial charge is 0.472 e. The molecule has 0 aromatic heterocycles. The maximum absolute atomic E-state index is 12.7. The molecule has 19 nitrogen and oxygen atoms in total. The Morgan fingerprint density at radius 2 is 1.07 bits per heavy atom. The molecule has 0 bridgehead atoms. The predicted octanol–water partition coefficient (Wildman–Crippen LogP) is 0.156. The first-order chi connectivity index (χ1) is 19.8. The topological polar surface area (TPSA) is 303 Å². The number of phosphoric ester groups is 3. The Labute approximate surface area is 247 Å². The molecule has 4 unspecified atom stereocenters. The molecule has 1 aliphatic rings. The van der Waals surface area contributed by atoms with Crippen LogP contribution in [0.2, 0.25) is 0 Å². The first kappa shape index (κ1) is 40.2. The molecule has 0 aliphatic heterocycles. The highest BCUT2D eigenvalue weighted by molar-refractivity contribution is 7.47. The molecule has 0 aromatic carbocycles. The molecule has 1 aliphatic carbocycles. The lowest BCUT2D eigenvalue weighted by Gasteiger charge is -2.44. The number of carbonyl (C=O) groups is 2. The Morgan fingerprint density at radius 1 is 0.651 bits per heavy atom. The Bertz CT molecular complexity index is 976. The number of phosphoric acid groups is 3. The molecule has 1 saturated carbocycles. The van der Waals surface area contributed by atoms with Crippen LogP contribution in [0, 0.1) is 0 Å². The van der Waals surface area contributed by atoms with E-state index in [1.54, 1.807) is 0 Å². The van der Waals surface area contributed by atoms with Gasteiger partial charge in [-0.05, 0) is 12.8 Å². The van der Waals surface area contributed by atoms with Crippen molar-refractivity contribution in [2.24, 2.45) is 0 Å². The summed E-state index contributed by atoms with van der Waals surface area (Å²) >= 11 is 0. The van der Waals surface area contributed by atoms with Gasteiger partial charge in [-0.15, -0.1) is 0 Å². The van der Waals surface area contributed by atoms with Crippen LogP contribution in [-0.4, -0.2) is 108 Å². The summed E-state index contributed by atoms with van der Waals surface area (Å²) in [7, 11) is -16.5. The summed E-state index contributed by atoms with van der Waals surface area (Å²) in [6.45, 7) is 2.32. The van der Waals surface area contributed by atoms with E-state index < -0.39 is 91.3 Å². The van der Waals surface area contributed by atoms with Gasteiger partial charge in [-0.1, -0.05) is 39.5 Å². The van der Waals surface area contributed by atoms with Crippen molar-refractivity contribution >= 4 is 35.4 Å². The SMILES string of the molecule is CCCCCC(=O)OCC(COP(=O)(O)OC1[C@H](O)[C@H](OP(=O)(O)O)C(O)[C@H](OP(=O)(O)O)[C@H]1O)OC(=O)CCCCC. The molecule has 0 spiro atoms. The summed E-state index contributed by atoms with van der Waals surface area (Å²) < 4.78 is 63.7. The van der Waals surface area contributed by atoms with Crippen molar-refractivity contribution in [2.75, 3.05) is 13.2 Å². The van der Waals surface area contributed by atoms with Gasteiger partial charge in [-0.25, -0.2) is 13.7 Å². The second-order valence-electron chi connectivity index (χ2n) is 9.64. The van der Waals surface area contributed by atoms with Crippen molar-refractivity contribution in [2.45, 2.75) is 108 Å². The van der Waals surface area contributed by atoms with Crippen molar-refractivity contribution in [1.82, 2.24) is 0 Å². The fourth-order valence-electron chi connectivity index (χ4n) is 3.88. The number of hydrogen-bond donors (Lipinski definition) is 8. The standard InChI is InChI=1S/C21H41O19P3/c1-3-5-7-9-14(22)35-11-13(37-15(23)10-8-6-4-2)12-36-43(33,34)40-21-17(25)19(38-41(27,28)29)16(24)20(18(21)26)39-42(30,31)32/h13,16-21,24-26H,3-12H2,1-2H3,(H,33,34)(H2,27,28,29)(H2,30,31,32)/t13?,16?,17-,18-,19-,20+,21?/m1/s1. The fourth-order valence-corrected chi connectivity index (χ4v) is 5.98. The third-order valence-electron chi connectivity index (χ3n) is 5.91. The van der Waals surface area contributed by atoms with Crippen molar-refractivity contribution in [1.29, 1.82) is 0 Å². The van der Waals surface area contributed by atoms with E-state index in [1.807, 2.05) is 13.8 Å². The Hall–Kier alpha value is -0.850. The molecule has 8 N–H and O–H groups in total. The monoisotopic (exact) mass is 690 g/mol. The lowest BCUT2D eigenvalue weighted by Crippen LogP contribution is -2.65. The van der Waals surface area contributed by atoms with Crippen LogP contribution < -0.4 is 0 Å². The van der Waals surface area contributed by atoms with E-state index in [0.717, 1.165) is 19.3 Å². The summed E-state index contributed by atoms with van der Waals surface area (Å²) in [6.07, 6.45) is -12.2. The molecule has 0 radical (unpaired) electrons. The zero-order valence-electron chi connectivity index (χ0n) is 23.5. The van der Waals surface area contributed by atoms with Crippen LogP contribution in [0.5, 0.6) is 0 Å². The van der Waals surface area contributed by atoms with Crippen LogP contribution in [0.15, 0.2) is 0 Å². The van der Waals surface area contributed by atoms with Crippen molar-refractivity contribution in [3.05, 3.63) is 0 Å². The van der Waals surface area contributed by atoms with E-state index in [4.69, 9.17) is 38.1 Å². The van der Waals surface area contributed by atoms with E-state index in [9.17, 15) is 43.5 Å². The average Bonchev–Trinajstić information content (AvgIpc) is 2.88. The molecule has 0 saturated heterocycles. The first-order valence-electron chi connectivity index (χ1n) is 13.3. The van der Waals surface area contributed by atoms with Crippen LogP contribution in [-0.2, 0) is 50.9 Å². The minimum atomic E-state index is -5.52. The van der Waals surface area contributed by atoms with Crippen LogP contribution in [0.4, 0.5) is 0 Å².